The summed E-state index contributed by atoms with van der Waals surface area (Å²) in [6.45, 7) is 3.78. The first kappa shape index (κ1) is 23.1. The third kappa shape index (κ3) is 5.06. The molecule has 0 aliphatic heterocycles. The Hall–Kier alpha value is -3.68. The molecule has 0 unspecified atom stereocenters. The third-order valence-corrected chi connectivity index (χ3v) is 7.72. The topological polar surface area (TPSA) is 78.1 Å². The zero-order chi connectivity index (χ0) is 24.4. The molecule has 0 aliphatic rings. The van der Waals surface area contributed by atoms with Gasteiger partial charge in [-0.15, -0.1) is 0 Å². The quantitative estimate of drug-likeness (QED) is 0.305. The average molecular weight is 485 g/mol. The molecular weight excluding hydrogens is 456 g/mol. The number of benzene rings is 3. The second-order valence-electron chi connectivity index (χ2n) is 8.95. The predicted octanol–water partition coefficient (Wildman–Crippen LogP) is 5.50. The van der Waals surface area contributed by atoms with E-state index in [1.807, 2.05) is 30.6 Å². The number of hydrogen-bond donors (Lipinski definition) is 2. The van der Waals surface area contributed by atoms with Crippen LogP contribution in [0, 0.1) is 6.92 Å². The first-order valence-corrected chi connectivity index (χ1v) is 13.1. The SMILES string of the molecule is Cc1[nH]c2ccc(NS(=O)(=O)c3ccccc3)cc2c1CCN(C)Cc1ccc2ccncc2c1. The van der Waals surface area contributed by atoms with E-state index in [-0.39, 0.29) is 4.90 Å². The van der Waals surface area contributed by atoms with E-state index in [1.54, 1.807) is 36.4 Å². The number of fused-ring (bicyclic) bond motifs is 2. The largest absolute Gasteiger partial charge is 0.358 e. The summed E-state index contributed by atoms with van der Waals surface area (Å²) in [5.41, 5.74) is 5.12. The van der Waals surface area contributed by atoms with Crippen LogP contribution >= 0.6 is 0 Å². The molecule has 3 aromatic carbocycles. The van der Waals surface area contributed by atoms with Gasteiger partial charge in [-0.25, -0.2) is 8.42 Å². The lowest BCUT2D eigenvalue weighted by Gasteiger charge is -2.17. The summed E-state index contributed by atoms with van der Waals surface area (Å²) >= 11 is 0. The van der Waals surface area contributed by atoms with E-state index >= 15 is 0 Å². The Morgan fingerprint density at radius 3 is 2.63 bits per heavy atom. The highest BCUT2D eigenvalue weighted by Gasteiger charge is 2.16. The first-order valence-electron chi connectivity index (χ1n) is 11.6. The van der Waals surface area contributed by atoms with Crippen molar-refractivity contribution in [1.82, 2.24) is 14.9 Å². The molecule has 0 saturated heterocycles. The molecule has 0 aliphatic carbocycles. The van der Waals surface area contributed by atoms with E-state index in [0.29, 0.717) is 5.69 Å². The van der Waals surface area contributed by atoms with Gasteiger partial charge in [-0.2, -0.15) is 0 Å². The molecule has 0 atom stereocenters. The second kappa shape index (κ2) is 9.52. The summed E-state index contributed by atoms with van der Waals surface area (Å²) in [6, 6.07) is 22.6. The van der Waals surface area contributed by atoms with Crippen molar-refractivity contribution in [3.63, 3.8) is 0 Å². The molecule has 0 spiro atoms. The van der Waals surface area contributed by atoms with Crippen molar-refractivity contribution in [1.29, 1.82) is 0 Å². The van der Waals surface area contributed by atoms with E-state index in [1.165, 1.54) is 16.5 Å². The Balaban J connectivity index is 1.31. The summed E-state index contributed by atoms with van der Waals surface area (Å²) in [6.07, 6.45) is 4.57. The van der Waals surface area contributed by atoms with Crippen molar-refractivity contribution >= 4 is 37.4 Å². The number of pyridine rings is 1. The van der Waals surface area contributed by atoms with Crippen LogP contribution in [0.25, 0.3) is 21.7 Å². The van der Waals surface area contributed by atoms with Crippen LogP contribution in [0.3, 0.4) is 0 Å². The highest BCUT2D eigenvalue weighted by Crippen LogP contribution is 2.27. The van der Waals surface area contributed by atoms with Gasteiger partial charge in [0.1, 0.15) is 0 Å². The third-order valence-electron chi connectivity index (χ3n) is 6.33. The summed E-state index contributed by atoms with van der Waals surface area (Å²) in [5.74, 6) is 0. The number of aryl methyl sites for hydroxylation is 1. The van der Waals surface area contributed by atoms with Crippen molar-refractivity contribution in [3.05, 3.63) is 102 Å². The Morgan fingerprint density at radius 1 is 0.971 bits per heavy atom. The average Bonchev–Trinajstić information content (AvgIpc) is 3.17. The normalized spacial score (nSPS) is 12.0. The van der Waals surface area contributed by atoms with Gasteiger partial charge < -0.3 is 9.88 Å². The molecule has 178 valence electrons. The number of likely N-dealkylation sites (N-methyl/N-ethyl adjacent to an activating group) is 1. The van der Waals surface area contributed by atoms with Crippen molar-refractivity contribution < 1.29 is 8.42 Å². The molecule has 35 heavy (non-hydrogen) atoms. The van der Waals surface area contributed by atoms with Crippen LogP contribution in [0.2, 0.25) is 0 Å². The number of nitrogens with one attached hydrogen (secondary N) is 2. The maximum atomic E-state index is 12.8. The van der Waals surface area contributed by atoms with E-state index in [0.717, 1.165) is 41.5 Å². The van der Waals surface area contributed by atoms with Crippen LogP contribution in [0.1, 0.15) is 16.8 Å². The number of sulfonamides is 1. The number of rotatable bonds is 8. The summed E-state index contributed by atoms with van der Waals surface area (Å²) in [7, 11) is -1.51. The summed E-state index contributed by atoms with van der Waals surface area (Å²) in [5, 5.41) is 3.39. The van der Waals surface area contributed by atoms with Gasteiger partial charge >= 0.3 is 0 Å². The molecule has 0 fully saturated rings. The zero-order valence-electron chi connectivity index (χ0n) is 19.8. The molecule has 2 heterocycles. The second-order valence-corrected chi connectivity index (χ2v) is 10.6. The molecule has 0 bridgehead atoms. The van der Waals surface area contributed by atoms with Gasteiger partial charge in [0.15, 0.2) is 0 Å². The molecule has 0 amide bonds. The van der Waals surface area contributed by atoms with Crippen molar-refractivity contribution in [3.8, 4) is 0 Å². The lowest BCUT2D eigenvalue weighted by atomic mass is 10.1. The van der Waals surface area contributed by atoms with Gasteiger partial charge in [0, 0.05) is 53.2 Å². The molecule has 2 N–H and O–H groups in total. The lowest BCUT2D eigenvalue weighted by Crippen LogP contribution is -2.20. The Labute approximate surface area is 205 Å². The standard InChI is InChI=1S/C28H28N4O2S/c1-20-26(13-15-32(2)19-21-8-9-22-12-14-29-18-23(22)16-21)27-17-24(10-11-28(27)30-20)31-35(33,34)25-6-4-3-5-7-25/h3-12,14,16-18,30-31H,13,15,19H2,1-2H3. The van der Waals surface area contributed by atoms with Crippen LogP contribution in [0.5, 0.6) is 0 Å². The monoisotopic (exact) mass is 484 g/mol. The number of nitrogens with zero attached hydrogens (tertiary/aromatic N) is 2. The highest BCUT2D eigenvalue weighted by molar-refractivity contribution is 7.92. The molecular formula is C28H28N4O2S. The van der Waals surface area contributed by atoms with Gasteiger partial charge in [0.25, 0.3) is 10.0 Å². The van der Waals surface area contributed by atoms with Crippen LogP contribution in [0.4, 0.5) is 5.69 Å². The van der Waals surface area contributed by atoms with E-state index < -0.39 is 10.0 Å². The fourth-order valence-corrected chi connectivity index (χ4v) is 5.58. The minimum Gasteiger partial charge on any atom is -0.358 e. The van der Waals surface area contributed by atoms with Gasteiger partial charge in [-0.1, -0.05) is 30.3 Å². The van der Waals surface area contributed by atoms with Gasteiger partial charge in [-0.05, 0) is 79.4 Å². The van der Waals surface area contributed by atoms with Crippen LogP contribution in [-0.2, 0) is 23.0 Å². The number of aromatic nitrogens is 2. The van der Waals surface area contributed by atoms with Gasteiger partial charge in [0.05, 0.1) is 4.90 Å². The van der Waals surface area contributed by atoms with Gasteiger partial charge in [0.2, 0.25) is 0 Å². The number of H-pyrrole nitrogens is 1. The van der Waals surface area contributed by atoms with Crippen molar-refractivity contribution in [2.24, 2.45) is 0 Å². The highest BCUT2D eigenvalue weighted by atomic mass is 32.2. The minimum absolute atomic E-state index is 0.247. The fraction of sp³-hybridized carbons (Fsp3) is 0.179. The summed E-state index contributed by atoms with van der Waals surface area (Å²) < 4.78 is 28.3. The molecule has 7 heteroatoms. The Bertz CT molecular complexity index is 1590. The van der Waals surface area contributed by atoms with E-state index in [2.05, 4.69) is 51.8 Å². The molecule has 5 aromatic rings. The van der Waals surface area contributed by atoms with Crippen LogP contribution in [-0.4, -0.2) is 36.9 Å². The number of anilines is 1. The molecule has 0 saturated carbocycles. The molecule has 2 aromatic heterocycles. The maximum absolute atomic E-state index is 12.8. The first-order chi connectivity index (χ1) is 16.9. The van der Waals surface area contributed by atoms with Crippen molar-refractivity contribution in [2.45, 2.75) is 24.8 Å². The van der Waals surface area contributed by atoms with E-state index in [4.69, 9.17) is 0 Å². The smallest absolute Gasteiger partial charge is 0.261 e. The van der Waals surface area contributed by atoms with Gasteiger partial charge in [-0.3, -0.25) is 9.71 Å². The maximum Gasteiger partial charge on any atom is 0.261 e. The Morgan fingerprint density at radius 2 is 1.80 bits per heavy atom. The molecule has 6 nitrogen and oxygen atoms in total. The minimum atomic E-state index is -3.64. The van der Waals surface area contributed by atoms with E-state index in [9.17, 15) is 8.42 Å². The fourth-order valence-electron chi connectivity index (χ4n) is 4.51. The zero-order valence-corrected chi connectivity index (χ0v) is 20.6. The molecule has 5 rings (SSSR count). The predicted molar refractivity (Wildman–Crippen MR) is 142 cm³/mol. The molecule has 0 radical (unpaired) electrons. The van der Waals surface area contributed by atoms with Crippen LogP contribution < -0.4 is 4.72 Å². The van der Waals surface area contributed by atoms with Crippen molar-refractivity contribution in [2.75, 3.05) is 18.3 Å². The summed E-state index contributed by atoms with van der Waals surface area (Å²) in [4.78, 5) is 10.2. The van der Waals surface area contributed by atoms with Crippen LogP contribution in [0.15, 0.2) is 90.1 Å². The number of aromatic amines is 1. The number of hydrogen-bond acceptors (Lipinski definition) is 4. The Kier molecular flexibility index (Phi) is 6.28. The lowest BCUT2D eigenvalue weighted by molar-refractivity contribution is 0.331.